The molecule has 0 atom stereocenters. The maximum absolute atomic E-state index is 12.3. The molecule has 0 heterocycles. The zero-order valence-electron chi connectivity index (χ0n) is 16.6. The number of hydrogen-bond acceptors (Lipinski definition) is 3. The molecule has 0 aliphatic carbocycles. The van der Waals surface area contributed by atoms with Gasteiger partial charge in [0.1, 0.15) is 0 Å². The summed E-state index contributed by atoms with van der Waals surface area (Å²) in [6.07, 6.45) is 0.878. The third kappa shape index (κ3) is 6.48. The summed E-state index contributed by atoms with van der Waals surface area (Å²) in [6, 6.07) is 12.6. The normalized spacial score (nSPS) is 12.0. The average molecular weight is 389 g/mol. The van der Waals surface area contributed by atoms with Gasteiger partial charge in [-0.1, -0.05) is 24.3 Å². The van der Waals surface area contributed by atoms with Crippen LogP contribution >= 0.6 is 0 Å². The van der Waals surface area contributed by atoms with Gasteiger partial charge < -0.3 is 5.32 Å². The fourth-order valence-electron chi connectivity index (χ4n) is 2.64. The SMILES string of the molecule is Cc1ccc(C)c(NC(=O)CCc2ccc(S(=O)(=O)NC(C)(C)C)cc2)c1. The first-order valence-electron chi connectivity index (χ1n) is 8.96. The van der Waals surface area contributed by atoms with Crippen LogP contribution in [0.5, 0.6) is 0 Å². The number of amides is 1. The quantitative estimate of drug-likeness (QED) is 0.787. The number of sulfonamides is 1. The highest BCUT2D eigenvalue weighted by Gasteiger charge is 2.21. The summed E-state index contributed by atoms with van der Waals surface area (Å²) in [5, 5.41) is 2.94. The summed E-state index contributed by atoms with van der Waals surface area (Å²) in [5.41, 5.74) is 3.32. The van der Waals surface area contributed by atoms with E-state index < -0.39 is 15.6 Å². The Morgan fingerprint density at radius 3 is 2.22 bits per heavy atom. The van der Waals surface area contributed by atoms with Crippen molar-refractivity contribution in [1.82, 2.24) is 4.72 Å². The van der Waals surface area contributed by atoms with E-state index in [1.54, 1.807) is 45.0 Å². The largest absolute Gasteiger partial charge is 0.326 e. The summed E-state index contributed by atoms with van der Waals surface area (Å²) < 4.78 is 27.3. The highest BCUT2D eigenvalue weighted by Crippen LogP contribution is 2.18. The van der Waals surface area contributed by atoms with Crippen LogP contribution in [0.2, 0.25) is 0 Å². The van der Waals surface area contributed by atoms with Crippen molar-refractivity contribution in [3.63, 3.8) is 0 Å². The van der Waals surface area contributed by atoms with Crippen LogP contribution in [0.25, 0.3) is 0 Å². The van der Waals surface area contributed by atoms with Crippen molar-refractivity contribution in [3.8, 4) is 0 Å². The van der Waals surface area contributed by atoms with Gasteiger partial charge in [0.15, 0.2) is 0 Å². The molecule has 0 aliphatic rings. The lowest BCUT2D eigenvalue weighted by Gasteiger charge is -2.20. The van der Waals surface area contributed by atoms with Crippen LogP contribution in [0, 0.1) is 13.8 Å². The molecule has 1 amide bonds. The van der Waals surface area contributed by atoms with Gasteiger partial charge in [-0.25, -0.2) is 13.1 Å². The standard InChI is InChI=1S/C21H28N2O3S/c1-15-6-7-16(2)19(14-15)22-20(24)13-10-17-8-11-18(12-9-17)27(25,26)23-21(3,4)5/h6-9,11-12,14,23H,10,13H2,1-5H3,(H,22,24). The summed E-state index contributed by atoms with van der Waals surface area (Å²) in [5.74, 6) is -0.0604. The minimum atomic E-state index is -3.54. The Bertz CT molecular complexity index is 911. The molecular weight excluding hydrogens is 360 g/mol. The number of hydrogen-bond donors (Lipinski definition) is 2. The van der Waals surface area contributed by atoms with Crippen molar-refractivity contribution in [1.29, 1.82) is 0 Å². The Morgan fingerprint density at radius 1 is 1.00 bits per heavy atom. The Kier molecular flexibility index (Phi) is 6.44. The van der Waals surface area contributed by atoms with Crippen LogP contribution in [0.4, 0.5) is 5.69 Å². The van der Waals surface area contributed by atoms with Crippen molar-refractivity contribution in [2.24, 2.45) is 0 Å². The molecule has 0 spiro atoms. The van der Waals surface area contributed by atoms with Gasteiger partial charge in [0.25, 0.3) is 0 Å². The van der Waals surface area contributed by atoms with E-state index in [9.17, 15) is 13.2 Å². The van der Waals surface area contributed by atoms with Crippen LogP contribution in [-0.4, -0.2) is 19.9 Å². The maximum atomic E-state index is 12.3. The van der Waals surface area contributed by atoms with E-state index in [2.05, 4.69) is 10.0 Å². The number of anilines is 1. The fraction of sp³-hybridized carbons (Fsp3) is 0.381. The summed E-state index contributed by atoms with van der Waals surface area (Å²) in [4.78, 5) is 12.4. The summed E-state index contributed by atoms with van der Waals surface area (Å²) in [7, 11) is -3.54. The number of rotatable bonds is 6. The number of nitrogens with one attached hydrogen (secondary N) is 2. The van der Waals surface area contributed by atoms with Crippen LogP contribution in [0.15, 0.2) is 47.4 Å². The molecule has 2 N–H and O–H groups in total. The lowest BCUT2D eigenvalue weighted by Crippen LogP contribution is -2.40. The molecular formula is C21H28N2O3S. The van der Waals surface area contributed by atoms with E-state index in [0.717, 1.165) is 22.4 Å². The van der Waals surface area contributed by atoms with Gasteiger partial charge in [0.05, 0.1) is 4.90 Å². The van der Waals surface area contributed by atoms with E-state index in [1.807, 2.05) is 32.0 Å². The van der Waals surface area contributed by atoms with Crippen molar-refractivity contribution >= 4 is 21.6 Å². The van der Waals surface area contributed by atoms with Gasteiger partial charge in [-0.05, 0) is 75.9 Å². The molecule has 2 aromatic carbocycles. The Labute approximate surface area is 162 Å². The van der Waals surface area contributed by atoms with Crippen molar-refractivity contribution < 1.29 is 13.2 Å². The first kappa shape index (κ1) is 21.1. The lowest BCUT2D eigenvalue weighted by atomic mass is 10.1. The van der Waals surface area contributed by atoms with Gasteiger partial charge >= 0.3 is 0 Å². The van der Waals surface area contributed by atoms with Gasteiger partial charge in [0.2, 0.25) is 15.9 Å². The molecule has 0 bridgehead atoms. The van der Waals surface area contributed by atoms with Gasteiger partial charge in [-0.15, -0.1) is 0 Å². The molecule has 0 saturated heterocycles. The van der Waals surface area contributed by atoms with Crippen LogP contribution in [0.1, 0.15) is 43.9 Å². The van der Waals surface area contributed by atoms with Gasteiger partial charge in [-0.3, -0.25) is 4.79 Å². The highest BCUT2D eigenvalue weighted by molar-refractivity contribution is 7.89. The summed E-state index contributed by atoms with van der Waals surface area (Å²) in [6.45, 7) is 9.34. The van der Waals surface area contributed by atoms with Crippen LogP contribution in [-0.2, 0) is 21.2 Å². The molecule has 0 fully saturated rings. The number of aryl methyl sites for hydroxylation is 3. The molecule has 5 nitrogen and oxygen atoms in total. The second kappa shape index (κ2) is 8.23. The first-order valence-corrected chi connectivity index (χ1v) is 10.4. The molecule has 146 valence electrons. The third-order valence-corrected chi connectivity index (χ3v) is 5.76. The van der Waals surface area contributed by atoms with E-state index >= 15 is 0 Å². The Balaban J connectivity index is 1.97. The topological polar surface area (TPSA) is 75.3 Å². The first-order chi connectivity index (χ1) is 12.5. The lowest BCUT2D eigenvalue weighted by molar-refractivity contribution is -0.116. The molecule has 2 rings (SSSR count). The number of benzene rings is 2. The van der Waals surface area contributed by atoms with E-state index in [-0.39, 0.29) is 10.8 Å². The molecule has 0 aromatic heterocycles. The van der Waals surface area contributed by atoms with E-state index in [4.69, 9.17) is 0 Å². The molecule has 27 heavy (non-hydrogen) atoms. The van der Waals surface area contributed by atoms with Crippen molar-refractivity contribution in [2.45, 2.75) is 57.9 Å². The molecule has 0 unspecified atom stereocenters. The minimum Gasteiger partial charge on any atom is -0.326 e. The average Bonchev–Trinajstić information content (AvgIpc) is 2.54. The zero-order chi connectivity index (χ0) is 20.2. The van der Waals surface area contributed by atoms with Crippen molar-refractivity contribution in [3.05, 3.63) is 59.2 Å². The second-order valence-electron chi connectivity index (χ2n) is 7.87. The van der Waals surface area contributed by atoms with Crippen molar-refractivity contribution in [2.75, 3.05) is 5.32 Å². The number of carbonyl (C=O) groups excluding carboxylic acids is 1. The molecule has 0 aliphatic heterocycles. The van der Waals surface area contributed by atoms with E-state index in [1.165, 1.54) is 0 Å². The highest BCUT2D eigenvalue weighted by atomic mass is 32.2. The third-order valence-electron chi connectivity index (χ3n) is 3.98. The maximum Gasteiger partial charge on any atom is 0.241 e. The number of carbonyl (C=O) groups is 1. The monoisotopic (exact) mass is 388 g/mol. The van der Waals surface area contributed by atoms with Gasteiger partial charge in [-0.2, -0.15) is 0 Å². The van der Waals surface area contributed by atoms with Gasteiger partial charge in [0, 0.05) is 17.6 Å². The molecule has 2 aromatic rings. The smallest absolute Gasteiger partial charge is 0.241 e. The van der Waals surface area contributed by atoms with Crippen LogP contribution < -0.4 is 10.0 Å². The fourth-order valence-corrected chi connectivity index (χ4v) is 4.06. The van der Waals surface area contributed by atoms with E-state index in [0.29, 0.717) is 12.8 Å². The zero-order valence-corrected chi connectivity index (χ0v) is 17.4. The molecule has 0 saturated carbocycles. The minimum absolute atomic E-state index is 0.0604. The Hall–Kier alpha value is -2.18. The predicted molar refractivity (Wildman–Crippen MR) is 109 cm³/mol. The molecule has 6 heteroatoms. The van der Waals surface area contributed by atoms with Crippen LogP contribution in [0.3, 0.4) is 0 Å². The Morgan fingerprint density at radius 2 is 1.63 bits per heavy atom. The predicted octanol–water partition coefficient (Wildman–Crippen LogP) is 3.95. The molecule has 0 radical (unpaired) electrons. The second-order valence-corrected chi connectivity index (χ2v) is 9.55. The summed E-state index contributed by atoms with van der Waals surface area (Å²) >= 11 is 0.